The molecular formula is C26H26ClN3O. The Hall–Kier alpha value is -2.69. The van der Waals surface area contributed by atoms with Crippen molar-refractivity contribution in [2.75, 3.05) is 20.2 Å². The van der Waals surface area contributed by atoms with Crippen molar-refractivity contribution in [1.29, 1.82) is 0 Å². The van der Waals surface area contributed by atoms with Crippen LogP contribution in [-0.2, 0) is 19.4 Å². The number of hydrogen-bond donors (Lipinski definition) is 0. The van der Waals surface area contributed by atoms with E-state index >= 15 is 0 Å². The van der Waals surface area contributed by atoms with Gasteiger partial charge in [-0.1, -0.05) is 35.4 Å². The van der Waals surface area contributed by atoms with Crippen LogP contribution in [-0.4, -0.2) is 35.1 Å². The quantitative estimate of drug-likeness (QED) is 0.561. The van der Waals surface area contributed by atoms with Crippen LogP contribution in [0.1, 0.15) is 40.8 Å². The van der Waals surface area contributed by atoms with Gasteiger partial charge in [-0.05, 0) is 66.6 Å². The van der Waals surface area contributed by atoms with Crippen molar-refractivity contribution >= 4 is 17.2 Å². The number of ether oxygens (including phenoxy) is 1. The van der Waals surface area contributed by atoms with Gasteiger partial charge in [0.15, 0.2) is 0 Å². The summed E-state index contributed by atoms with van der Waals surface area (Å²) < 4.78 is 5.44. The van der Waals surface area contributed by atoms with E-state index in [0.717, 1.165) is 67.5 Å². The monoisotopic (exact) mass is 431 g/mol. The van der Waals surface area contributed by atoms with Gasteiger partial charge in [0.05, 0.1) is 12.8 Å². The molecule has 31 heavy (non-hydrogen) atoms. The van der Waals surface area contributed by atoms with Crippen LogP contribution in [0.25, 0.3) is 5.57 Å². The lowest BCUT2D eigenvalue weighted by atomic mass is 9.88. The normalized spacial score (nSPS) is 16.5. The van der Waals surface area contributed by atoms with E-state index in [1.165, 1.54) is 27.8 Å². The van der Waals surface area contributed by atoms with Crippen molar-refractivity contribution in [2.24, 2.45) is 0 Å². The van der Waals surface area contributed by atoms with Gasteiger partial charge in [0, 0.05) is 48.2 Å². The first-order valence-electron chi connectivity index (χ1n) is 10.9. The van der Waals surface area contributed by atoms with Gasteiger partial charge in [0.1, 0.15) is 0 Å². The minimum Gasteiger partial charge on any atom is -0.481 e. The van der Waals surface area contributed by atoms with E-state index in [2.05, 4.69) is 34.1 Å². The fourth-order valence-electron chi connectivity index (χ4n) is 4.83. The Bertz CT molecular complexity index is 1130. The fraction of sp³-hybridized carbons (Fsp3) is 0.308. The first-order chi connectivity index (χ1) is 15.2. The molecule has 5 rings (SSSR count). The summed E-state index contributed by atoms with van der Waals surface area (Å²) in [6.45, 7) is 2.89. The maximum absolute atomic E-state index is 6.34. The molecule has 4 nitrogen and oxygen atoms in total. The second kappa shape index (κ2) is 8.81. The number of aryl methyl sites for hydroxylation is 2. The Balaban J connectivity index is 1.47. The van der Waals surface area contributed by atoms with Crippen LogP contribution in [0.5, 0.6) is 5.88 Å². The van der Waals surface area contributed by atoms with E-state index in [1.54, 1.807) is 13.3 Å². The minimum atomic E-state index is 0.722. The van der Waals surface area contributed by atoms with Crippen molar-refractivity contribution in [3.8, 4) is 5.88 Å². The lowest BCUT2D eigenvalue weighted by Crippen LogP contribution is -2.31. The number of fused-ring (bicyclic) bond motifs is 2. The zero-order chi connectivity index (χ0) is 21.2. The van der Waals surface area contributed by atoms with Crippen LogP contribution in [0.4, 0.5) is 0 Å². The van der Waals surface area contributed by atoms with E-state index < -0.39 is 0 Å². The average molecular weight is 432 g/mol. The Morgan fingerprint density at radius 2 is 1.71 bits per heavy atom. The largest absolute Gasteiger partial charge is 0.481 e. The predicted octanol–water partition coefficient (Wildman–Crippen LogP) is 5.34. The summed E-state index contributed by atoms with van der Waals surface area (Å²) in [5, 5.41) is 0.808. The van der Waals surface area contributed by atoms with Gasteiger partial charge in [-0.2, -0.15) is 0 Å². The third-order valence-corrected chi connectivity index (χ3v) is 6.61. The standard InChI is InChI=1S/C26H26ClN3O/c1-31-26-21(5-3-13-29-26)17-30-14-10-18(11-15-30)24-23-9-8-22(27)16-20(23)7-6-19-4-2-12-28-25(19)24/h2-5,8-9,12-13,16H,6-7,10-11,14-15,17H2,1H3. The van der Waals surface area contributed by atoms with Gasteiger partial charge in [0.2, 0.25) is 5.88 Å². The minimum absolute atomic E-state index is 0.722. The number of methoxy groups -OCH3 is 1. The molecular weight excluding hydrogens is 406 g/mol. The number of likely N-dealkylation sites (tertiary alicyclic amines) is 1. The number of nitrogens with zero attached hydrogens (tertiary/aromatic N) is 3. The Kier molecular flexibility index (Phi) is 5.75. The van der Waals surface area contributed by atoms with E-state index in [-0.39, 0.29) is 0 Å². The molecule has 0 radical (unpaired) electrons. The van der Waals surface area contributed by atoms with E-state index in [1.807, 2.05) is 24.4 Å². The number of aromatic nitrogens is 2. The van der Waals surface area contributed by atoms with Crippen molar-refractivity contribution < 1.29 is 4.74 Å². The van der Waals surface area contributed by atoms with Crippen molar-refractivity contribution in [1.82, 2.24) is 14.9 Å². The molecule has 3 aromatic rings. The smallest absolute Gasteiger partial charge is 0.217 e. The van der Waals surface area contributed by atoms with Crippen LogP contribution >= 0.6 is 11.6 Å². The molecule has 3 heterocycles. The lowest BCUT2D eigenvalue weighted by Gasteiger charge is -2.30. The summed E-state index contributed by atoms with van der Waals surface area (Å²) in [7, 11) is 1.69. The number of rotatable bonds is 3. The maximum atomic E-state index is 6.34. The predicted molar refractivity (Wildman–Crippen MR) is 124 cm³/mol. The highest BCUT2D eigenvalue weighted by atomic mass is 35.5. The summed E-state index contributed by atoms with van der Waals surface area (Å²) in [5.74, 6) is 0.722. The van der Waals surface area contributed by atoms with E-state index in [0.29, 0.717) is 0 Å². The van der Waals surface area contributed by atoms with E-state index in [4.69, 9.17) is 21.3 Å². The fourth-order valence-corrected chi connectivity index (χ4v) is 5.03. The van der Waals surface area contributed by atoms with Crippen LogP contribution in [0, 0.1) is 0 Å². The van der Waals surface area contributed by atoms with Gasteiger partial charge >= 0.3 is 0 Å². The van der Waals surface area contributed by atoms with Gasteiger partial charge in [-0.3, -0.25) is 9.88 Å². The Labute approximate surface area is 188 Å². The highest BCUT2D eigenvalue weighted by molar-refractivity contribution is 6.30. The van der Waals surface area contributed by atoms with Crippen molar-refractivity contribution in [3.05, 3.63) is 93.4 Å². The van der Waals surface area contributed by atoms with Gasteiger partial charge in [-0.25, -0.2) is 4.98 Å². The molecule has 0 unspecified atom stereocenters. The van der Waals surface area contributed by atoms with E-state index in [9.17, 15) is 0 Å². The zero-order valence-electron chi connectivity index (χ0n) is 17.8. The molecule has 2 aliphatic rings. The average Bonchev–Trinajstić information content (AvgIpc) is 2.97. The number of pyridine rings is 2. The highest BCUT2D eigenvalue weighted by Gasteiger charge is 2.25. The lowest BCUT2D eigenvalue weighted by molar-refractivity contribution is 0.244. The third kappa shape index (κ3) is 4.10. The molecule has 1 saturated heterocycles. The third-order valence-electron chi connectivity index (χ3n) is 6.38. The first kappa shape index (κ1) is 20.2. The molecule has 158 valence electrons. The molecule has 5 heteroatoms. The second-order valence-corrected chi connectivity index (χ2v) is 8.68. The molecule has 0 atom stereocenters. The van der Waals surface area contributed by atoms with Crippen LogP contribution in [0.15, 0.2) is 60.4 Å². The first-order valence-corrected chi connectivity index (χ1v) is 11.3. The number of piperidine rings is 1. The summed E-state index contributed by atoms with van der Waals surface area (Å²) in [6.07, 6.45) is 7.77. The molecule has 0 bridgehead atoms. The summed E-state index contributed by atoms with van der Waals surface area (Å²) >= 11 is 6.34. The molecule has 1 fully saturated rings. The summed E-state index contributed by atoms with van der Waals surface area (Å²) in [4.78, 5) is 11.7. The zero-order valence-corrected chi connectivity index (χ0v) is 18.5. The van der Waals surface area contributed by atoms with Crippen molar-refractivity contribution in [2.45, 2.75) is 32.2 Å². The summed E-state index contributed by atoms with van der Waals surface area (Å²) in [6, 6.07) is 14.7. The molecule has 1 aliphatic heterocycles. The molecule has 1 aromatic carbocycles. The van der Waals surface area contributed by atoms with Crippen LogP contribution in [0.2, 0.25) is 5.02 Å². The Morgan fingerprint density at radius 3 is 2.55 bits per heavy atom. The Morgan fingerprint density at radius 1 is 0.935 bits per heavy atom. The molecule has 2 aromatic heterocycles. The van der Waals surface area contributed by atoms with Crippen molar-refractivity contribution in [3.63, 3.8) is 0 Å². The van der Waals surface area contributed by atoms with Crippen LogP contribution in [0.3, 0.4) is 0 Å². The molecule has 0 saturated carbocycles. The van der Waals surface area contributed by atoms with Gasteiger partial charge in [0.25, 0.3) is 0 Å². The second-order valence-electron chi connectivity index (χ2n) is 8.24. The summed E-state index contributed by atoms with van der Waals surface area (Å²) in [5.41, 5.74) is 9.09. The number of benzene rings is 1. The van der Waals surface area contributed by atoms with Crippen LogP contribution < -0.4 is 4.74 Å². The number of halogens is 1. The molecule has 1 aliphatic carbocycles. The maximum Gasteiger partial charge on any atom is 0.217 e. The number of hydrogen-bond acceptors (Lipinski definition) is 4. The molecule has 0 spiro atoms. The van der Waals surface area contributed by atoms with Gasteiger partial charge < -0.3 is 4.74 Å². The SMILES string of the molecule is COc1ncccc1CN1CCC(=C2c3ccc(Cl)cc3CCc3cccnc32)CC1. The molecule has 0 N–H and O–H groups in total. The molecule has 0 amide bonds. The highest BCUT2D eigenvalue weighted by Crippen LogP contribution is 2.38. The van der Waals surface area contributed by atoms with Gasteiger partial charge in [-0.15, -0.1) is 0 Å². The topological polar surface area (TPSA) is 38.2 Å².